The van der Waals surface area contributed by atoms with Crippen molar-refractivity contribution in [2.45, 2.75) is 6.54 Å². The van der Waals surface area contributed by atoms with Crippen LogP contribution in [0.15, 0.2) is 48.5 Å². The van der Waals surface area contributed by atoms with E-state index in [0.717, 1.165) is 17.0 Å². The van der Waals surface area contributed by atoms with Gasteiger partial charge in [0.15, 0.2) is 11.5 Å². The van der Waals surface area contributed by atoms with Gasteiger partial charge in [0.2, 0.25) is 5.91 Å². The second kappa shape index (κ2) is 6.85. The standard InChI is InChI=1S/C17H18N2O3/c20-17(19-11-13-4-2-1-3-5-13)12-18-14-6-7-15-16(10-14)22-9-8-21-15/h1-7,10,18H,8-9,11-12H2,(H,19,20). The highest BCUT2D eigenvalue weighted by atomic mass is 16.6. The van der Waals surface area contributed by atoms with Gasteiger partial charge in [-0.15, -0.1) is 0 Å². The molecule has 0 saturated carbocycles. The van der Waals surface area contributed by atoms with Crippen LogP contribution >= 0.6 is 0 Å². The molecule has 0 saturated heterocycles. The Labute approximate surface area is 129 Å². The van der Waals surface area contributed by atoms with Gasteiger partial charge in [-0.1, -0.05) is 30.3 Å². The molecular formula is C17H18N2O3. The quantitative estimate of drug-likeness (QED) is 0.888. The first kappa shape index (κ1) is 14.3. The van der Waals surface area contributed by atoms with Gasteiger partial charge in [-0.3, -0.25) is 4.79 Å². The predicted octanol–water partition coefficient (Wildman–Crippen LogP) is 2.19. The van der Waals surface area contributed by atoms with Gasteiger partial charge in [-0.2, -0.15) is 0 Å². The van der Waals surface area contributed by atoms with E-state index in [1.165, 1.54) is 0 Å². The van der Waals surface area contributed by atoms with Crippen LogP contribution in [0.5, 0.6) is 11.5 Å². The lowest BCUT2D eigenvalue weighted by molar-refractivity contribution is -0.119. The van der Waals surface area contributed by atoms with Crippen molar-refractivity contribution in [3.8, 4) is 11.5 Å². The van der Waals surface area contributed by atoms with Gasteiger partial charge in [-0.25, -0.2) is 0 Å². The fourth-order valence-corrected chi connectivity index (χ4v) is 2.19. The predicted molar refractivity (Wildman–Crippen MR) is 84.2 cm³/mol. The number of fused-ring (bicyclic) bond motifs is 1. The molecule has 1 amide bonds. The first-order chi connectivity index (χ1) is 10.8. The molecule has 2 aromatic rings. The number of carbonyl (C=O) groups is 1. The van der Waals surface area contributed by atoms with Crippen molar-refractivity contribution in [2.24, 2.45) is 0 Å². The maximum absolute atomic E-state index is 11.8. The Kier molecular flexibility index (Phi) is 4.44. The van der Waals surface area contributed by atoms with Crippen LogP contribution < -0.4 is 20.1 Å². The van der Waals surface area contributed by atoms with Crippen molar-refractivity contribution in [1.29, 1.82) is 0 Å². The van der Waals surface area contributed by atoms with Gasteiger partial charge in [0.1, 0.15) is 13.2 Å². The highest BCUT2D eigenvalue weighted by Gasteiger charge is 2.11. The molecule has 1 heterocycles. The summed E-state index contributed by atoms with van der Waals surface area (Å²) < 4.78 is 11.0. The monoisotopic (exact) mass is 298 g/mol. The number of nitrogens with one attached hydrogen (secondary N) is 2. The van der Waals surface area contributed by atoms with E-state index >= 15 is 0 Å². The lowest BCUT2D eigenvalue weighted by atomic mass is 10.2. The molecule has 3 rings (SSSR count). The molecule has 1 aliphatic rings. The van der Waals surface area contributed by atoms with E-state index in [1.807, 2.05) is 48.5 Å². The Hall–Kier alpha value is -2.69. The molecule has 22 heavy (non-hydrogen) atoms. The van der Waals surface area contributed by atoms with Crippen LogP contribution in [-0.2, 0) is 11.3 Å². The fraction of sp³-hybridized carbons (Fsp3) is 0.235. The number of hydrogen-bond donors (Lipinski definition) is 2. The molecule has 0 aliphatic carbocycles. The number of hydrogen-bond acceptors (Lipinski definition) is 4. The SMILES string of the molecule is O=C(CNc1ccc2c(c1)OCCO2)NCc1ccccc1. The summed E-state index contributed by atoms with van der Waals surface area (Å²) >= 11 is 0. The summed E-state index contributed by atoms with van der Waals surface area (Å²) in [5, 5.41) is 5.96. The molecule has 1 aliphatic heterocycles. The zero-order chi connectivity index (χ0) is 15.2. The first-order valence-corrected chi connectivity index (χ1v) is 7.25. The Morgan fingerprint density at radius 2 is 1.77 bits per heavy atom. The number of amides is 1. The van der Waals surface area contributed by atoms with Gasteiger partial charge >= 0.3 is 0 Å². The normalized spacial score (nSPS) is 12.5. The van der Waals surface area contributed by atoms with Gasteiger partial charge in [0, 0.05) is 18.3 Å². The highest BCUT2D eigenvalue weighted by molar-refractivity contribution is 5.80. The molecule has 0 atom stereocenters. The molecule has 5 heteroatoms. The minimum absolute atomic E-state index is 0.0567. The Morgan fingerprint density at radius 1 is 1.00 bits per heavy atom. The van der Waals surface area contributed by atoms with Gasteiger partial charge in [0.05, 0.1) is 6.54 Å². The molecule has 0 spiro atoms. The van der Waals surface area contributed by atoms with Gasteiger partial charge in [-0.05, 0) is 17.7 Å². The molecule has 0 radical (unpaired) electrons. The zero-order valence-corrected chi connectivity index (χ0v) is 12.2. The van der Waals surface area contributed by atoms with Crippen LogP contribution in [-0.4, -0.2) is 25.7 Å². The molecule has 2 N–H and O–H groups in total. The summed E-state index contributed by atoms with van der Waals surface area (Å²) in [4.78, 5) is 11.8. The minimum Gasteiger partial charge on any atom is -0.486 e. The highest BCUT2D eigenvalue weighted by Crippen LogP contribution is 2.32. The van der Waals surface area contributed by atoms with Crippen molar-refractivity contribution < 1.29 is 14.3 Å². The average molecular weight is 298 g/mol. The number of ether oxygens (including phenoxy) is 2. The number of benzene rings is 2. The second-order valence-corrected chi connectivity index (χ2v) is 4.97. The van der Waals surface area contributed by atoms with Crippen LogP contribution in [0.25, 0.3) is 0 Å². The molecular weight excluding hydrogens is 280 g/mol. The van der Waals surface area contributed by atoms with Crippen molar-refractivity contribution >= 4 is 11.6 Å². The summed E-state index contributed by atoms with van der Waals surface area (Å²) in [6, 6.07) is 15.4. The average Bonchev–Trinajstić information content (AvgIpc) is 2.59. The largest absolute Gasteiger partial charge is 0.486 e. The lowest BCUT2D eigenvalue weighted by Gasteiger charge is -2.19. The lowest BCUT2D eigenvalue weighted by Crippen LogP contribution is -2.29. The van der Waals surface area contributed by atoms with Gasteiger partial charge < -0.3 is 20.1 Å². The van der Waals surface area contributed by atoms with E-state index in [2.05, 4.69) is 10.6 Å². The summed E-state index contributed by atoms with van der Waals surface area (Å²) in [7, 11) is 0. The van der Waals surface area contributed by atoms with Crippen LogP contribution in [0.4, 0.5) is 5.69 Å². The van der Waals surface area contributed by atoms with Gasteiger partial charge in [0.25, 0.3) is 0 Å². The summed E-state index contributed by atoms with van der Waals surface area (Å²) in [5.74, 6) is 1.39. The van der Waals surface area contributed by atoms with Crippen molar-refractivity contribution in [3.05, 3.63) is 54.1 Å². The minimum atomic E-state index is -0.0567. The van der Waals surface area contributed by atoms with Crippen LogP contribution in [0.3, 0.4) is 0 Å². The summed E-state index contributed by atoms with van der Waals surface area (Å²) in [5.41, 5.74) is 1.91. The number of carbonyl (C=O) groups excluding carboxylic acids is 1. The maximum Gasteiger partial charge on any atom is 0.239 e. The van der Waals surface area contributed by atoms with E-state index in [9.17, 15) is 4.79 Å². The van der Waals surface area contributed by atoms with E-state index in [4.69, 9.17) is 9.47 Å². The second-order valence-electron chi connectivity index (χ2n) is 4.97. The molecule has 114 valence electrons. The molecule has 0 fully saturated rings. The van der Waals surface area contributed by atoms with E-state index < -0.39 is 0 Å². The Bertz CT molecular complexity index is 644. The first-order valence-electron chi connectivity index (χ1n) is 7.25. The summed E-state index contributed by atoms with van der Waals surface area (Å²) in [6.45, 7) is 1.87. The van der Waals surface area contributed by atoms with Crippen LogP contribution in [0.1, 0.15) is 5.56 Å². The van der Waals surface area contributed by atoms with Crippen LogP contribution in [0.2, 0.25) is 0 Å². The van der Waals surface area contributed by atoms with Crippen LogP contribution in [0, 0.1) is 0 Å². The topological polar surface area (TPSA) is 59.6 Å². The molecule has 0 bridgehead atoms. The van der Waals surface area contributed by atoms with Crippen molar-refractivity contribution in [3.63, 3.8) is 0 Å². The van der Waals surface area contributed by atoms with Crippen molar-refractivity contribution in [1.82, 2.24) is 5.32 Å². The Morgan fingerprint density at radius 3 is 2.59 bits per heavy atom. The number of anilines is 1. The van der Waals surface area contributed by atoms with E-state index in [0.29, 0.717) is 25.5 Å². The zero-order valence-electron chi connectivity index (χ0n) is 12.2. The third kappa shape index (κ3) is 3.69. The number of rotatable bonds is 5. The summed E-state index contributed by atoms with van der Waals surface area (Å²) in [6.07, 6.45) is 0. The van der Waals surface area contributed by atoms with E-state index in [-0.39, 0.29) is 12.5 Å². The van der Waals surface area contributed by atoms with E-state index in [1.54, 1.807) is 0 Å². The molecule has 0 unspecified atom stereocenters. The maximum atomic E-state index is 11.8. The third-order valence-corrected chi connectivity index (χ3v) is 3.33. The fourth-order valence-electron chi connectivity index (χ4n) is 2.19. The smallest absolute Gasteiger partial charge is 0.239 e. The molecule has 5 nitrogen and oxygen atoms in total. The molecule has 2 aromatic carbocycles. The van der Waals surface area contributed by atoms with Crippen molar-refractivity contribution in [2.75, 3.05) is 25.1 Å². The third-order valence-electron chi connectivity index (χ3n) is 3.33. The Balaban J connectivity index is 1.48. The molecule has 0 aromatic heterocycles.